The fraction of sp³-hybridized carbons (Fsp3) is 0.600. The first-order valence-electron chi connectivity index (χ1n) is 4.18. The minimum Gasteiger partial charge on any atom is -0.0733 e. The Kier molecular flexibility index (Phi) is 2.73. The van der Waals surface area contributed by atoms with Crippen molar-refractivity contribution in [2.45, 2.75) is 39.5 Å². The molecule has 1 aliphatic carbocycles. The number of allylic oxidation sites excluding steroid dienone is 4. The standard InChI is InChI=1S/C10H16/c1-3-10-6-4-5-9(2)7-8-10/h7-8H,3-6H2,1-2H3. The molecule has 0 fully saturated rings. The van der Waals surface area contributed by atoms with E-state index in [4.69, 9.17) is 0 Å². The zero-order valence-corrected chi connectivity index (χ0v) is 6.98. The van der Waals surface area contributed by atoms with Gasteiger partial charge in [0.25, 0.3) is 0 Å². The molecule has 0 saturated heterocycles. The highest BCUT2D eigenvalue weighted by atomic mass is 14.0. The monoisotopic (exact) mass is 136 g/mol. The molecular weight excluding hydrogens is 120 g/mol. The predicted octanol–water partition coefficient (Wildman–Crippen LogP) is 3.45. The zero-order chi connectivity index (χ0) is 7.40. The summed E-state index contributed by atoms with van der Waals surface area (Å²) in [6.45, 7) is 4.45. The maximum atomic E-state index is 2.29. The van der Waals surface area contributed by atoms with Crippen LogP contribution in [0.2, 0.25) is 0 Å². The summed E-state index contributed by atoms with van der Waals surface area (Å²) >= 11 is 0. The molecule has 0 aromatic carbocycles. The Labute approximate surface area is 63.6 Å². The van der Waals surface area contributed by atoms with Crippen molar-refractivity contribution in [3.63, 3.8) is 0 Å². The van der Waals surface area contributed by atoms with Gasteiger partial charge in [-0.3, -0.25) is 0 Å². The van der Waals surface area contributed by atoms with Crippen molar-refractivity contribution in [1.82, 2.24) is 0 Å². The average molecular weight is 136 g/mol. The van der Waals surface area contributed by atoms with Gasteiger partial charge in [0.2, 0.25) is 0 Å². The molecule has 0 spiro atoms. The lowest BCUT2D eigenvalue weighted by Gasteiger charge is -1.98. The van der Waals surface area contributed by atoms with Crippen molar-refractivity contribution in [1.29, 1.82) is 0 Å². The number of rotatable bonds is 1. The highest BCUT2D eigenvalue weighted by molar-refractivity contribution is 5.19. The summed E-state index contributed by atoms with van der Waals surface area (Å²) in [7, 11) is 0. The van der Waals surface area contributed by atoms with Gasteiger partial charge < -0.3 is 0 Å². The van der Waals surface area contributed by atoms with Crippen LogP contribution in [0.4, 0.5) is 0 Å². The van der Waals surface area contributed by atoms with Gasteiger partial charge in [-0.2, -0.15) is 0 Å². The first-order valence-corrected chi connectivity index (χ1v) is 4.18. The second-order valence-electron chi connectivity index (χ2n) is 3.05. The van der Waals surface area contributed by atoms with Crippen molar-refractivity contribution in [3.8, 4) is 0 Å². The van der Waals surface area contributed by atoms with Crippen LogP contribution in [0.3, 0.4) is 0 Å². The Hall–Kier alpha value is -0.520. The third-order valence-electron chi connectivity index (χ3n) is 2.13. The van der Waals surface area contributed by atoms with Crippen LogP contribution in [0, 0.1) is 0 Å². The molecule has 0 amide bonds. The van der Waals surface area contributed by atoms with E-state index in [2.05, 4.69) is 26.0 Å². The SMILES string of the molecule is CCC1=CC=C(C)CCC1. The van der Waals surface area contributed by atoms with E-state index in [-0.39, 0.29) is 0 Å². The molecule has 0 heteroatoms. The van der Waals surface area contributed by atoms with Gasteiger partial charge in [-0.1, -0.05) is 30.2 Å². The Morgan fingerprint density at radius 1 is 1.30 bits per heavy atom. The fourth-order valence-corrected chi connectivity index (χ4v) is 1.32. The summed E-state index contributed by atoms with van der Waals surface area (Å²) in [5.74, 6) is 0. The highest BCUT2D eigenvalue weighted by Gasteiger charge is 1.98. The van der Waals surface area contributed by atoms with E-state index in [0.717, 1.165) is 0 Å². The second kappa shape index (κ2) is 3.60. The van der Waals surface area contributed by atoms with E-state index in [9.17, 15) is 0 Å². The van der Waals surface area contributed by atoms with Crippen LogP contribution in [0.15, 0.2) is 23.3 Å². The molecule has 0 aliphatic heterocycles. The van der Waals surface area contributed by atoms with E-state index in [1.807, 2.05) is 0 Å². The molecule has 0 bridgehead atoms. The van der Waals surface area contributed by atoms with E-state index >= 15 is 0 Å². The molecule has 1 aliphatic rings. The van der Waals surface area contributed by atoms with Gasteiger partial charge in [0.05, 0.1) is 0 Å². The maximum Gasteiger partial charge on any atom is -0.0314 e. The van der Waals surface area contributed by atoms with Crippen LogP contribution in [0.5, 0.6) is 0 Å². The Morgan fingerprint density at radius 3 is 2.80 bits per heavy atom. The van der Waals surface area contributed by atoms with E-state index in [1.54, 1.807) is 5.57 Å². The molecule has 0 nitrogen and oxygen atoms in total. The van der Waals surface area contributed by atoms with Crippen LogP contribution in [0.1, 0.15) is 39.5 Å². The van der Waals surface area contributed by atoms with Crippen LogP contribution in [-0.2, 0) is 0 Å². The van der Waals surface area contributed by atoms with Gasteiger partial charge in [0.15, 0.2) is 0 Å². The third kappa shape index (κ3) is 2.02. The zero-order valence-electron chi connectivity index (χ0n) is 6.98. The van der Waals surface area contributed by atoms with Crippen molar-refractivity contribution in [3.05, 3.63) is 23.3 Å². The largest absolute Gasteiger partial charge is 0.0733 e. The number of hydrogen-bond donors (Lipinski definition) is 0. The summed E-state index contributed by atoms with van der Waals surface area (Å²) in [5, 5.41) is 0. The lowest BCUT2D eigenvalue weighted by atomic mass is 10.1. The van der Waals surface area contributed by atoms with Crippen LogP contribution >= 0.6 is 0 Å². The van der Waals surface area contributed by atoms with Gasteiger partial charge in [0.1, 0.15) is 0 Å². The van der Waals surface area contributed by atoms with Crippen molar-refractivity contribution >= 4 is 0 Å². The lowest BCUT2D eigenvalue weighted by Crippen LogP contribution is -1.78. The lowest BCUT2D eigenvalue weighted by molar-refractivity contribution is 0.791. The van der Waals surface area contributed by atoms with Gasteiger partial charge in [-0.15, -0.1) is 0 Å². The van der Waals surface area contributed by atoms with Gasteiger partial charge in [-0.05, 0) is 32.6 Å². The smallest absolute Gasteiger partial charge is 0.0314 e. The molecule has 0 atom stereocenters. The summed E-state index contributed by atoms with van der Waals surface area (Å²) in [4.78, 5) is 0. The van der Waals surface area contributed by atoms with Crippen LogP contribution in [0.25, 0.3) is 0 Å². The highest BCUT2D eigenvalue weighted by Crippen LogP contribution is 2.18. The normalized spacial score (nSPS) is 19.4. The molecule has 0 N–H and O–H groups in total. The molecule has 0 radical (unpaired) electrons. The molecule has 0 aromatic heterocycles. The summed E-state index contributed by atoms with van der Waals surface area (Å²) in [6, 6.07) is 0. The predicted molar refractivity (Wildman–Crippen MR) is 46.0 cm³/mol. The van der Waals surface area contributed by atoms with Crippen molar-refractivity contribution in [2.24, 2.45) is 0 Å². The summed E-state index contributed by atoms with van der Waals surface area (Å²) in [6.07, 6.45) is 9.74. The molecule has 0 heterocycles. The fourth-order valence-electron chi connectivity index (χ4n) is 1.32. The van der Waals surface area contributed by atoms with Crippen LogP contribution in [-0.4, -0.2) is 0 Å². The van der Waals surface area contributed by atoms with E-state index < -0.39 is 0 Å². The van der Waals surface area contributed by atoms with E-state index in [1.165, 1.54) is 31.3 Å². The first kappa shape index (κ1) is 7.59. The van der Waals surface area contributed by atoms with Gasteiger partial charge >= 0.3 is 0 Å². The van der Waals surface area contributed by atoms with Crippen molar-refractivity contribution in [2.75, 3.05) is 0 Å². The average Bonchev–Trinajstić information content (AvgIpc) is 2.14. The molecule has 1 rings (SSSR count). The minimum atomic E-state index is 1.23. The summed E-state index contributed by atoms with van der Waals surface area (Å²) < 4.78 is 0. The molecule has 0 aromatic rings. The van der Waals surface area contributed by atoms with Crippen LogP contribution < -0.4 is 0 Å². The topological polar surface area (TPSA) is 0 Å². The Balaban J connectivity index is 2.60. The van der Waals surface area contributed by atoms with E-state index in [0.29, 0.717) is 0 Å². The maximum absolute atomic E-state index is 2.29. The van der Waals surface area contributed by atoms with Gasteiger partial charge in [-0.25, -0.2) is 0 Å². The first-order chi connectivity index (χ1) is 4.83. The summed E-state index contributed by atoms with van der Waals surface area (Å²) in [5.41, 5.74) is 3.14. The number of hydrogen-bond acceptors (Lipinski definition) is 0. The minimum absolute atomic E-state index is 1.23. The Morgan fingerprint density at radius 2 is 2.10 bits per heavy atom. The van der Waals surface area contributed by atoms with Crippen molar-refractivity contribution < 1.29 is 0 Å². The van der Waals surface area contributed by atoms with Gasteiger partial charge in [0, 0.05) is 0 Å². The molecule has 56 valence electrons. The molecule has 10 heavy (non-hydrogen) atoms. The second-order valence-corrected chi connectivity index (χ2v) is 3.05. The molecular formula is C10H16. The molecule has 0 saturated carbocycles. The molecule has 0 unspecified atom stereocenters. The quantitative estimate of drug-likeness (QED) is 0.518. The third-order valence-corrected chi connectivity index (χ3v) is 2.13. The Bertz CT molecular complexity index is 161.